The number of hydrogen-bond acceptors (Lipinski definition) is 4. The van der Waals surface area contributed by atoms with Gasteiger partial charge in [0.15, 0.2) is 5.54 Å². The van der Waals surface area contributed by atoms with Crippen LogP contribution in [0.1, 0.15) is 44.6 Å². The third-order valence-electron chi connectivity index (χ3n) is 5.55. The van der Waals surface area contributed by atoms with Crippen LogP contribution >= 0.6 is 0 Å². The highest BCUT2D eigenvalue weighted by Crippen LogP contribution is 2.43. The molecule has 1 atom stereocenters. The van der Waals surface area contributed by atoms with Crippen LogP contribution in [0.25, 0.3) is 0 Å². The molecule has 28 heavy (non-hydrogen) atoms. The van der Waals surface area contributed by atoms with Crippen LogP contribution in [0.15, 0.2) is 48.5 Å². The predicted molar refractivity (Wildman–Crippen MR) is 108 cm³/mol. The molecule has 2 aromatic carbocycles. The van der Waals surface area contributed by atoms with Gasteiger partial charge in [0.1, 0.15) is 11.6 Å². The Morgan fingerprint density at radius 2 is 1.71 bits per heavy atom. The molecule has 0 amide bonds. The van der Waals surface area contributed by atoms with E-state index in [0.717, 1.165) is 42.7 Å². The van der Waals surface area contributed by atoms with E-state index in [0.29, 0.717) is 6.61 Å². The van der Waals surface area contributed by atoms with Crippen LogP contribution in [0.5, 0.6) is 5.75 Å². The maximum absolute atomic E-state index is 13.6. The molecule has 4 nitrogen and oxygen atoms in total. The number of anilines is 1. The molecule has 0 aromatic heterocycles. The second kappa shape index (κ2) is 9.09. The lowest BCUT2D eigenvalue weighted by Crippen LogP contribution is -2.51. The fraction of sp³-hybridized carbons (Fsp3) is 0.435. The second-order valence-electron chi connectivity index (χ2n) is 7.22. The fourth-order valence-corrected chi connectivity index (χ4v) is 4.14. The number of methoxy groups -OCH3 is 1. The molecule has 0 spiro atoms. The minimum Gasteiger partial charge on any atom is -0.497 e. The van der Waals surface area contributed by atoms with Crippen LogP contribution in [-0.2, 0) is 15.1 Å². The van der Waals surface area contributed by atoms with Crippen molar-refractivity contribution >= 4 is 11.7 Å². The number of halogens is 1. The number of carbonyl (C=O) groups is 1. The van der Waals surface area contributed by atoms with Gasteiger partial charge < -0.3 is 14.8 Å². The van der Waals surface area contributed by atoms with Gasteiger partial charge in [-0.2, -0.15) is 0 Å². The van der Waals surface area contributed by atoms with E-state index in [4.69, 9.17) is 9.47 Å². The Morgan fingerprint density at radius 3 is 2.29 bits per heavy atom. The molecule has 0 heterocycles. The standard InChI is InChI=1S/C23H28FNO3/c1-3-28-22(26)23(17-7-5-4-6-8-17,18-9-11-19(24)12-10-18)25-20-13-15-21(27-2)16-14-20/h9-17,25H,3-8H2,1-2H3. The summed E-state index contributed by atoms with van der Waals surface area (Å²) in [7, 11) is 1.62. The van der Waals surface area contributed by atoms with Gasteiger partial charge in [-0.05, 0) is 67.6 Å². The van der Waals surface area contributed by atoms with Gasteiger partial charge >= 0.3 is 5.97 Å². The van der Waals surface area contributed by atoms with Gasteiger partial charge in [-0.3, -0.25) is 0 Å². The third kappa shape index (κ3) is 4.13. The minimum absolute atomic E-state index is 0.0628. The number of carbonyl (C=O) groups excluding carboxylic acids is 1. The van der Waals surface area contributed by atoms with Crippen molar-refractivity contribution in [2.24, 2.45) is 5.92 Å². The maximum Gasteiger partial charge on any atom is 0.336 e. The molecular weight excluding hydrogens is 357 g/mol. The Morgan fingerprint density at radius 1 is 1.07 bits per heavy atom. The smallest absolute Gasteiger partial charge is 0.336 e. The number of hydrogen-bond donors (Lipinski definition) is 1. The highest BCUT2D eigenvalue weighted by atomic mass is 19.1. The lowest BCUT2D eigenvalue weighted by atomic mass is 9.70. The zero-order chi connectivity index (χ0) is 20.0. The summed E-state index contributed by atoms with van der Waals surface area (Å²) in [5, 5.41) is 3.48. The lowest BCUT2D eigenvalue weighted by Gasteiger charge is -2.42. The van der Waals surface area contributed by atoms with Crippen LogP contribution in [0, 0.1) is 11.7 Å². The third-order valence-corrected chi connectivity index (χ3v) is 5.55. The molecule has 0 aliphatic heterocycles. The highest BCUT2D eigenvalue weighted by Gasteiger charge is 2.48. The monoisotopic (exact) mass is 385 g/mol. The Kier molecular flexibility index (Phi) is 6.55. The van der Waals surface area contributed by atoms with E-state index in [-0.39, 0.29) is 17.7 Å². The maximum atomic E-state index is 13.6. The molecular formula is C23H28FNO3. The van der Waals surface area contributed by atoms with Crippen molar-refractivity contribution in [1.82, 2.24) is 0 Å². The molecule has 150 valence electrons. The fourth-order valence-electron chi connectivity index (χ4n) is 4.14. The van der Waals surface area contributed by atoms with Gasteiger partial charge in [-0.25, -0.2) is 9.18 Å². The normalized spacial score (nSPS) is 16.8. The van der Waals surface area contributed by atoms with Crippen molar-refractivity contribution in [2.75, 3.05) is 19.0 Å². The first-order valence-electron chi connectivity index (χ1n) is 9.95. The van der Waals surface area contributed by atoms with Gasteiger partial charge in [0, 0.05) is 5.69 Å². The van der Waals surface area contributed by atoms with E-state index < -0.39 is 5.54 Å². The molecule has 1 fully saturated rings. The lowest BCUT2D eigenvalue weighted by molar-refractivity contribution is -0.151. The topological polar surface area (TPSA) is 47.6 Å². The first kappa shape index (κ1) is 20.2. The zero-order valence-corrected chi connectivity index (χ0v) is 16.5. The quantitative estimate of drug-likeness (QED) is 0.658. The molecule has 1 saturated carbocycles. The molecule has 1 unspecified atom stereocenters. The van der Waals surface area contributed by atoms with E-state index in [1.54, 1.807) is 19.2 Å². The number of nitrogens with one attached hydrogen (secondary N) is 1. The van der Waals surface area contributed by atoms with Crippen molar-refractivity contribution in [3.8, 4) is 5.75 Å². The first-order valence-corrected chi connectivity index (χ1v) is 9.95. The summed E-state index contributed by atoms with van der Waals surface area (Å²) in [6.45, 7) is 2.10. The summed E-state index contributed by atoms with van der Waals surface area (Å²) in [5.41, 5.74) is 0.470. The van der Waals surface area contributed by atoms with E-state index in [9.17, 15) is 9.18 Å². The van der Waals surface area contributed by atoms with Crippen molar-refractivity contribution in [3.63, 3.8) is 0 Å². The Labute approximate surface area is 166 Å². The summed E-state index contributed by atoms with van der Waals surface area (Å²) in [5.74, 6) is 0.165. The SMILES string of the molecule is CCOC(=O)C(Nc1ccc(OC)cc1)(c1ccc(F)cc1)C1CCCCC1. The Balaban J connectivity index is 2.09. The van der Waals surface area contributed by atoms with E-state index >= 15 is 0 Å². The second-order valence-corrected chi connectivity index (χ2v) is 7.22. The highest BCUT2D eigenvalue weighted by molar-refractivity contribution is 5.87. The van der Waals surface area contributed by atoms with Crippen molar-refractivity contribution in [1.29, 1.82) is 0 Å². The van der Waals surface area contributed by atoms with Crippen LogP contribution in [0.3, 0.4) is 0 Å². The largest absolute Gasteiger partial charge is 0.497 e. The zero-order valence-electron chi connectivity index (χ0n) is 16.5. The molecule has 0 radical (unpaired) electrons. The van der Waals surface area contributed by atoms with E-state index in [1.165, 1.54) is 18.6 Å². The van der Waals surface area contributed by atoms with Crippen LogP contribution < -0.4 is 10.1 Å². The van der Waals surface area contributed by atoms with Crippen molar-refractivity contribution < 1.29 is 18.7 Å². The predicted octanol–water partition coefficient (Wildman–Crippen LogP) is 5.29. The van der Waals surface area contributed by atoms with E-state index in [1.807, 2.05) is 31.2 Å². The summed E-state index contributed by atoms with van der Waals surface area (Å²) in [4.78, 5) is 13.4. The number of benzene rings is 2. The van der Waals surface area contributed by atoms with Gasteiger partial charge in [0.25, 0.3) is 0 Å². The minimum atomic E-state index is -1.06. The molecule has 0 saturated heterocycles. The van der Waals surface area contributed by atoms with Crippen molar-refractivity contribution in [2.45, 2.75) is 44.6 Å². The Hall–Kier alpha value is -2.56. The molecule has 2 aromatic rings. The number of ether oxygens (including phenoxy) is 2. The molecule has 1 aliphatic carbocycles. The van der Waals surface area contributed by atoms with Crippen molar-refractivity contribution in [3.05, 3.63) is 59.9 Å². The molecule has 1 N–H and O–H groups in total. The summed E-state index contributed by atoms with van der Waals surface area (Å²) in [6, 6.07) is 13.7. The van der Waals surface area contributed by atoms with Gasteiger partial charge in [0.2, 0.25) is 0 Å². The first-order chi connectivity index (χ1) is 13.6. The number of rotatable bonds is 7. The summed E-state index contributed by atoms with van der Waals surface area (Å²) in [6.07, 6.45) is 5.13. The van der Waals surface area contributed by atoms with Crippen LogP contribution in [-0.4, -0.2) is 19.7 Å². The molecule has 5 heteroatoms. The van der Waals surface area contributed by atoms with Gasteiger partial charge in [-0.15, -0.1) is 0 Å². The van der Waals surface area contributed by atoms with Crippen LogP contribution in [0.2, 0.25) is 0 Å². The molecule has 3 rings (SSSR count). The average molecular weight is 385 g/mol. The van der Waals surface area contributed by atoms with Crippen LogP contribution in [0.4, 0.5) is 10.1 Å². The molecule has 1 aliphatic rings. The average Bonchev–Trinajstić information content (AvgIpc) is 2.74. The Bertz CT molecular complexity index is 769. The number of esters is 1. The summed E-state index contributed by atoms with van der Waals surface area (Å²) < 4.78 is 24.4. The van der Waals surface area contributed by atoms with Gasteiger partial charge in [-0.1, -0.05) is 31.4 Å². The van der Waals surface area contributed by atoms with E-state index in [2.05, 4.69) is 5.32 Å². The van der Waals surface area contributed by atoms with Gasteiger partial charge in [0.05, 0.1) is 13.7 Å². The molecule has 0 bridgehead atoms. The summed E-state index contributed by atoms with van der Waals surface area (Å²) >= 11 is 0.